The summed E-state index contributed by atoms with van der Waals surface area (Å²) in [6.45, 7) is 9.81. The largest absolute Gasteiger partial charge is 0.463 e. The Morgan fingerprint density at radius 3 is 2.38 bits per heavy atom. The van der Waals surface area contributed by atoms with Crippen molar-refractivity contribution in [2.45, 2.75) is 49.9 Å². The Morgan fingerprint density at radius 1 is 1.16 bits per heavy atom. The van der Waals surface area contributed by atoms with Gasteiger partial charge in [-0.3, -0.25) is 9.59 Å². The minimum absolute atomic E-state index is 0.0159. The van der Waals surface area contributed by atoms with E-state index in [4.69, 9.17) is 58.5 Å². The van der Waals surface area contributed by atoms with Gasteiger partial charge in [-0.2, -0.15) is 0 Å². The van der Waals surface area contributed by atoms with Gasteiger partial charge < -0.3 is 29.0 Å². The summed E-state index contributed by atoms with van der Waals surface area (Å²) in [6, 6.07) is -0.655. The maximum atomic E-state index is 12.2. The minimum atomic E-state index is -1.76. The van der Waals surface area contributed by atoms with E-state index < -0.39 is 52.8 Å². The highest BCUT2D eigenvalue weighted by atomic mass is 35.6. The van der Waals surface area contributed by atoms with Crippen LogP contribution in [0.1, 0.15) is 27.7 Å². The lowest BCUT2D eigenvalue weighted by Crippen LogP contribution is -2.59. The number of hydrogen-bond acceptors (Lipinski definition) is 8. The van der Waals surface area contributed by atoms with Crippen LogP contribution in [0.4, 0.5) is 4.79 Å². The molecule has 2 unspecified atom stereocenters. The van der Waals surface area contributed by atoms with E-state index in [1.54, 1.807) is 6.92 Å². The van der Waals surface area contributed by atoms with Gasteiger partial charge in [-0.1, -0.05) is 61.3 Å². The zero-order valence-electron chi connectivity index (χ0n) is 18.5. The first-order valence-electron chi connectivity index (χ1n) is 10.0. The molecule has 0 aromatic rings. The van der Waals surface area contributed by atoms with E-state index in [0.29, 0.717) is 0 Å². The van der Waals surface area contributed by atoms with E-state index in [-0.39, 0.29) is 31.7 Å². The number of alkyl halides is 3. The fourth-order valence-corrected chi connectivity index (χ4v) is 3.11. The lowest BCUT2D eigenvalue weighted by Gasteiger charge is -2.44. The molecule has 0 radical (unpaired) electrons. The van der Waals surface area contributed by atoms with Crippen LogP contribution >= 0.6 is 34.8 Å². The smallest absolute Gasteiger partial charge is 0.407 e. The molecule has 9 nitrogen and oxygen atoms in total. The molecule has 6 atom stereocenters. The van der Waals surface area contributed by atoms with Gasteiger partial charge in [-0.15, -0.1) is 0 Å². The summed E-state index contributed by atoms with van der Waals surface area (Å²) in [7, 11) is 0. The van der Waals surface area contributed by atoms with Crippen LogP contribution in [0.15, 0.2) is 12.7 Å². The third-order valence-corrected chi connectivity index (χ3v) is 5.27. The molecule has 1 aliphatic rings. The number of ether oxygens (including phenoxy) is 5. The lowest BCUT2D eigenvalue weighted by molar-refractivity contribution is -0.246. The van der Waals surface area contributed by atoms with Gasteiger partial charge in [0.2, 0.25) is 3.79 Å². The third kappa shape index (κ3) is 10.1. The second-order valence-corrected chi connectivity index (χ2v) is 10.1. The van der Waals surface area contributed by atoms with Gasteiger partial charge in [-0.05, 0) is 18.8 Å². The summed E-state index contributed by atoms with van der Waals surface area (Å²) < 4.78 is 25.1. The molecule has 1 saturated heterocycles. The Kier molecular flexibility index (Phi) is 12.1. The first-order chi connectivity index (χ1) is 14.9. The Hall–Kier alpha value is -1.26. The maximum Gasteiger partial charge on any atom is 0.407 e. The third-order valence-electron chi connectivity index (χ3n) is 4.94. The first kappa shape index (κ1) is 28.8. The van der Waals surface area contributed by atoms with Gasteiger partial charge in [0.1, 0.15) is 19.8 Å². The minimum Gasteiger partial charge on any atom is -0.463 e. The van der Waals surface area contributed by atoms with Gasteiger partial charge >= 0.3 is 18.0 Å². The summed E-state index contributed by atoms with van der Waals surface area (Å²) in [5.74, 6) is -1.82. The molecule has 32 heavy (non-hydrogen) atoms. The van der Waals surface area contributed by atoms with Gasteiger partial charge in [0.15, 0.2) is 6.29 Å². The van der Waals surface area contributed by atoms with Crippen molar-refractivity contribution in [1.29, 1.82) is 0 Å². The molecule has 0 aliphatic carbocycles. The van der Waals surface area contributed by atoms with Gasteiger partial charge in [0, 0.05) is 6.92 Å². The van der Waals surface area contributed by atoms with Crippen molar-refractivity contribution in [3.05, 3.63) is 12.7 Å². The van der Waals surface area contributed by atoms with E-state index in [1.165, 1.54) is 13.0 Å². The summed E-state index contributed by atoms with van der Waals surface area (Å²) in [5, 5.41) is 2.67. The van der Waals surface area contributed by atoms with E-state index >= 15 is 0 Å². The molecule has 0 saturated carbocycles. The number of halogens is 3. The van der Waals surface area contributed by atoms with Gasteiger partial charge in [0.25, 0.3) is 0 Å². The number of amides is 1. The molecule has 1 aliphatic heterocycles. The van der Waals surface area contributed by atoms with E-state index in [9.17, 15) is 14.4 Å². The average Bonchev–Trinajstić information content (AvgIpc) is 2.71. The van der Waals surface area contributed by atoms with Crippen LogP contribution in [0.2, 0.25) is 0 Å². The number of alkyl carbamates (subject to hydrolysis) is 1. The first-order valence-corrected chi connectivity index (χ1v) is 11.2. The summed E-state index contributed by atoms with van der Waals surface area (Å²) in [4.78, 5) is 35.5. The number of carbonyl (C=O) groups is 3. The number of esters is 2. The predicted octanol–water partition coefficient (Wildman–Crippen LogP) is 3.39. The molecule has 1 rings (SSSR count). The van der Waals surface area contributed by atoms with Crippen LogP contribution in [-0.4, -0.2) is 66.7 Å². The van der Waals surface area contributed by atoms with Crippen molar-refractivity contribution >= 4 is 52.8 Å². The number of nitrogens with one attached hydrogen (secondary N) is 1. The molecular formula is C20H30Cl3NO8. The van der Waals surface area contributed by atoms with Crippen LogP contribution < -0.4 is 5.32 Å². The fraction of sp³-hybridized carbons (Fsp3) is 0.750. The molecule has 0 spiro atoms. The van der Waals surface area contributed by atoms with E-state index in [1.807, 2.05) is 13.8 Å². The standard InChI is InChI=1S/C20H30Cl3NO8/c1-6-7-28-17(26)11(2)8-30-18-16(24-19(27)31-10-20(21,22)23)13(4)12(3)15(32-18)9-29-14(5)25/h6,11-13,15-16,18H,1,7-10H2,2-5H3,(H,24,27)/t11-,12-,13-,15?,16?,18+/m0/s1. The average molecular weight is 519 g/mol. The van der Waals surface area contributed by atoms with Crippen LogP contribution in [-0.2, 0) is 33.3 Å². The van der Waals surface area contributed by atoms with Crippen molar-refractivity contribution in [2.24, 2.45) is 17.8 Å². The Labute approximate surface area is 202 Å². The highest BCUT2D eigenvalue weighted by Crippen LogP contribution is 2.32. The second kappa shape index (κ2) is 13.4. The van der Waals surface area contributed by atoms with Gasteiger partial charge in [-0.25, -0.2) is 4.79 Å². The van der Waals surface area contributed by atoms with Crippen molar-refractivity contribution in [2.75, 3.05) is 26.4 Å². The highest BCUT2D eigenvalue weighted by molar-refractivity contribution is 6.67. The zero-order chi connectivity index (χ0) is 24.5. The van der Waals surface area contributed by atoms with Crippen molar-refractivity contribution in [3.63, 3.8) is 0 Å². The van der Waals surface area contributed by atoms with Crippen molar-refractivity contribution in [3.8, 4) is 0 Å². The number of carbonyl (C=O) groups excluding carboxylic acids is 3. The molecule has 1 N–H and O–H groups in total. The highest BCUT2D eigenvalue weighted by Gasteiger charge is 2.44. The quantitative estimate of drug-likeness (QED) is 0.203. The SMILES string of the molecule is C=CCOC(=O)[C@@H](C)CO[C@@H]1OC(COC(C)=O)[C@@H](C)[C@H](C)C1NC(=O)OCC(Cl)(Cl)Cl. The number of hydrogen-bond donors (Lipinski definition) is 1. The molecule has 1 amide bonds. The molecule has 12 heteroatoms. The Morgan fingerprint density at radius 2 is 1.81 bits per heavy atom. The molecule has 0 aromatic carbocycles. The van der Waals surface area contributed by atoms with E-state index in [0.717, 1.165) is 0 Å². The molecule has 0 aromatic heterocycles. The maximum absolute atomic E-state index is 12.2. The molecule has 1 fully saturated rings. The Balaban J connectivity index is 2.88. The van der Waals surface area contributed by atoms with Gasteiger partial charge in [0.05, 0.1) is 24.7 Å². The predicted molar refractivity (Wildman–Crippen MR) is 118 cm³/mol. The topological polar surface area (TPSA) is 109 Å². The zero-order valence-corrected chi connectivity index (χ0v) is 20.7. The van der Waals surface area contributed by atoms with Crippen LogP contribution in [0, 0.1) is 17.8 Å². The number of rotatable bonds is 10. The molecule has 184 valence electrons. The molecule has 1 heterocycles. The fourth-order valence-electron chi connectivity index (χ4n) is 2.94. The lowest BCUT2D eigenvalue weighted by atomic mass is 9.82. The van der Waals surface area contributed by atoms with Crippen LogP contribution in [0.3, 0.4) is 0 Å². The molecule has 0 bridgehead atoms. The monoisotopic (exact) mass is 517 g/mol. The van der Waals surface area contributed by atoms with Crippen LogP contribution in [0.25, 0.3) is 0 Å². The second-order valence-electron chi connectivity index (χ2n) is 7.58. The normalized spacial score (nSPS) is 26.5. The van der Waals surface area contributed by atoms with Crippen molar-refractivity contribution in [1.82, 2.24) is 5.32 Å². The Bertz CT molecular complexity index is 657. The van der Waals surface area contributed by atoms with Crippen LogP contribution in [0.5, 0.6) is 0 Å². The summed E-state index contributed by atoms with van der Waals surface area (Å²) in [5.41, 5.74) is 0. The summed E-state index contributed by atoms with van der Waals surface area (Å²) >= 11 is 16.8. The summed E-state index contributed by atoms with van der Waals surface area (Å²) in [6.07, 6.45) is -0.815. The molecular weight excluding hydrogens is 489 g/mol. The van der Waals surface area contributed by atoms with E-state index in [2.05, 4.69) is 11.9 Å². The van der Waals surface area contributed by atoms with Crippen molar-refractivity contribution < 1.29 is 38.1 Å².